The van der Waals surface area contributed by atoms with Crippen LogP contribution < -0.4 is 15.4 Å². The highest BCUT2D eigenvalue weighted by Crippen LogP contribution is 2.28. The SMILES string of the molecule is COc1cccc(Nc2nc(C)c(C(=O)Nc3cccc(SC)c3)s2)c1. The van der Waals surface area contributed by atoms with Gasteiger partial charge in [-0.25, -0.2) is 4.98 Å². The minimum atomic E-state index is -0.156. The Morgan fingerprint density at radius 1 is 1.15 bits per heavy atom. The molecule has 0 unspecified atom stereocenters. The fraction of sp³-hybridized carbons (Fsp3) is 0.158. The Morgan fingerprint density at radius 2 is 1.92 bits per heavy atom. The van der Waals surface area contributed by atoms with Gasteiger partial charge >= 0.3 is 0 Å². The van der Waals surface area contributed by atoms with Gasteiger partial charge < -0.3 is 15.4 Å². The van der Waals surface area contributed by atoms with Gasteiger partial charge in [-0.15, -0.1) is 11.8 Å². The highest BCUT2D eigenvalue weighted by Gasteiger charge is 2.16. The van der Waals surface area contributed by atoms with Crippen molar-refractivity contribution in [2.45, 2.75) is 11.8 Å². The number of nitrogens with zero attached hydrogens (tertiary/aromatic N) is 1. The summed E-state index contributed by atoms with van der Waals surface area (Å²) >= 11 is 2.96. The van der Waals surface area contributed by atoms with Crippen molar-refractivity contribution in [2.24, 2.45) is 0 Å². The molecule has 5 nitrogen and oxygen atoms in total. The summed E-state index contributed by atoms with van der Waals surface area (Å²) in [6.07, 6.45) is 2.00. The number of nitrogens with one attached hydrogen (secondary N) is 2. The van der Waals surface area contributed by atoms with Crippen LogP contribution in [0.25, 0.3) is 0 Å². The fourth-order valence-electron chi connectivity index (χ4n) is 2.37. The van der Waals surface area contributed by atoms with Crippen LogP contribution in [-0.2, 0) is 0 Å². The van der Waals surface area contributed by atoms with Crippen molar-refractivity contribution in [3.8, 4) is 5.75 Å². The number of aryl methyl sites for hydroxylation is 1. The van der Waals surface area contributed by atoms with Crippen LogP contribution in [0.3, 0.4) is 0 Å². The molecule has 0 aliphatic rings. The van der Waals surface area contributed by atoms with E-state index >= 15 is 0 Å². The molecule has 0 aliphatic heterocycles. The topological polar surface area (TPSA) is 63.2 Å². The van der Waals surface area contributed by atoms with E-state index in [1.807, 2.05) is 61.7 Å². The number of aromatic nitrogens is 1. The van der Waals surface area contributed by atoms with Crippen molar-refractivity contribution in [2.75, 3.05) is 24.0 Å². The number of carbonyl (C=O) groups excluding carboxylic acids is 1. The maximum atomic E-state index is 12.6. The molecule has 1 heterocycles. The number of benzene rings is 2. The van der Waals surface area contributed by atoms with Crippen LogP contribution in [0, 0.1) is 6.92 Å². The zero-order valence-electron chi connectivity index (χ0n) is 14.7. The molecule has 0 saturated heterocycles. The second-order valence-electron chi connectivity index (χ2n) is 5.48. The summed E-state index contributed by atoms with van der Waals surface area (Å²) in [6.45, 7) is 1.83. The molecule has 0 spiro atoms. The van der Waals surface area contributed by atoms with E-state index in [-0.39, 0.29) is 5.91 Å². The van der Waals surface area contributed by atoms with Crippen LogP contribution in [0.1, 0.15) is 15.4 Å². The third-order valence-electron chi connectivity index (χ3n) is 3.65. The molecule has 1 amide bonds. The van der Waals surface area contributed by atoms with Crippen LogP contribution in [0.2, 0.25) is 0 Å². The Kier molecular flexibility index (Phi) is 5.80. The lowest BCUT2D eigenvalue weighted by atomic mass is 10.3. The lowest BCUT2D eigenvalue weighted by Crippen LogP contribution is -2.11. The smallest absolute Gasteiger partial charge is 0.267 e. The number of amides is 1. The van der Waals surface area contributed by atoms with Gasteiger partial charge in [-0.1, -0.05) is 23.5 Å². The van der Waals surface area contributed by atoms with Gasteiger partial charge in [0.1, 0.15) is 10.6 Å². The molecule has 7 heteroatoms. The average Bonchev–Trinajstić information content (AvgIpc) is 3.02. The molecule has 26 heavy (non-hydrogen) atoms. The summed E-state index contributed by atoms with van der Waals surface area (Å²) in [5, 5.41) is 6.83. The largest absolute Gasteiger partial charge is 0.497 e. The zero-order chi connectivity index (χ0) is 18.5. The molecule has 0 atom stereocenters. The van der Waals surface area contributed by atoms with Crippen LogP contribution in [0.4, 0.5) is 16.5 Å². The number of thiazole rings is 1. The molecule has 3 rings (SSSR count). The Bertz CT molecular complexity index is 925. The maximum absolute atomic E-state index is 12.6. The molecule has 0 saturated carbocycles. The monoisotopic (exact) mass is 385 g/mol. The predicted molar refractivity (Wildman–Crippen MR) is 109 cm³/mol. The summed E-state index contributed by atoms with van der Waals surface area (Å²) in [5.74, 6) is 0.604. The first-order valence-electron chi connectivity index (χ1n) is 7.93. The fourth-order valence-corrected chi connectivity index (χ4v) is 3.71. The first-order valence-corrected chi connectivity index (χ1v) is 9.97. The van der Waals surface area contributed by atoms with E-state index in [2.05, 4.69) is 15.6 Å². The Balaban J connectivity index is 1.75. The lowest BCUT2D eigenvalue weighted by Gasteiger charge is -2.05. The molecule has 0 bridgehead atoms. The molecule has 1 aromatic heterocycles. The number of hydrogen-bond acceptors (Lipinski definition) is 6. The number of rotatable bonds is 6. The van der Waals surface area contributed by atoms with Gasteiger partial charge in [0, 0.05) is 22.3 Å². The van der Waals surface area contributed by atoms with Gasteiger partial charge in [0.2, 0.25) is 0 Å². The molecular weight excluding hydrogens is 366 g/mol. The van der Waals surface area contributed by atoms with Crippen molar-refractivity contribution < 1.29 is 9.53 Å². The average molecular weight is 386 g/mol. The Hall–Kier alpha value is -2.51. The van der Waals surface area contributed by atoms with Crippen molar-refractivity contribution >= 4 is 45.5 Å². The van der Waals surface area contributed by atoms with E-state index in [0.29, 0.717) is 15.7 Å². The van der Waals surface area contributed by atoms with Crippen molar-refractivity contribution in [1.82, 2.24) is 4.98 Å². The third kappa shape index (κ3) is 4.36. The van der Waals surface area contributed by atoms with E-state index in [1.54, 1.807) is 18.9 Å². The van der Waals surface area contributed by atoms with Crippen LogP contribution >= 0.6 is 23.1 Å². The predicted octanol–water partition coefficient (Wildman–Crippen LogP) is 5.18. The first-order chi connectivity index (χ1) is 12.6. The molecule has 0 aliphatic carbocycles. The summed E-state index contributed by atoms with van der Waals surface area (Å²) in [6, 6.07) is 15.3. The van der Waals surface area contributed by atoms with E-state index in [4.69, 9.17) is 4.74 Å². The van der Waals surface area contributed by atoms with Gasteiger partial charge in [-0.05, 0) is 43.5 Å². The number of ether oxygens (including phenoxy) is 1. The maximum Gasteiger partial charge on any atom is 0.267 e. The Morgan fingerprint density at radius 3 is 2.69 bits per heavy atom. The molecule has 2 N–H and O–H groups in total. The van der Waals surface area contributed by atoms with Crippen LogP contribution in [0.5, 0.6) is 5.75 Å². The zero-order valence-corrected chi connectivity index (χ0v) is 16.3. The standard InChI is InChI=1S/C19H19N3O2S2/c1-12-17(18(23)21-14-7-5-9-16(11-14)25-3)26-19(20-12)22-13-6-4-8-15(10-13)24-2/h4-11H,1-3H3,(H,20,22)(H,21,23). The number of thioether (sulfide) groups is 1. The summed E-state index contributed by atoms with van der Waals surface area (Å²) in [4.78, 5) is 18.8. The number of methoxy groups -OCH3 is 1. The van der Waals surface area contributed by atoms with Crippen LogP contribution in [0.15, 0.2) is 53.4 Å². The quantitative estimate of drug-likeness (QED) is 0.573. The number of anilines is 3. The van der Waals surface area contributed by atoms with Crippen LogP contribution in [-0.4, -0.2) is 24.3 Å². The highest BCUT2D eigenvalue weighted by molar-refractivity contribution is 7.98. The second kappa shape index (κ2) is 8.25. The van der Waals surface area contributed by atoms with Gasteiger partial charge in [0.15, 0.2) is 5.13 Å². The van der Waals surface area contributed by atoms with Crippen molar-refractivity contribution in [3.63, 3.8) is 0 Å². The van der Waals surface area contributed by atoms with E-state index < -0.39 is 0 Å². The summed E-state index contributed by atoms with van der Waals surface area (Å²) in [7, 11) is 1.63. The number of hydrogen-bond donors (Lipinski definition) is 2. The van der Waals surface area contributed by atoms with Gasteiger partial charge in [0.25, 0.3) is 5.91 Å². The molecule has 0 fully saturated rings. The minimum Gasteiger partial charge on any atom is -0.497 e. The third-order valence-corrected chi connectivity index (χ3v) is 5.45. The van der Waals surface area contributed by atoms with Gasteiger partial charge in [-0.3, -0.25) is 4.79 Å². The summed E-state index contributed by atoms with van der Waals surface area (Å²) in [5.41, 5.74) is 2.33. The first kappa shape index (κ1) is 18.3. The molecular formula is C19H19N3O2S2. The highest BCUT2D eigenvalue weighted by atomic mass is 32.2. The Labute approximate surface area is 160 Å². The van der Waals surface area contributed by atoms with E-state index in [0.717, 1.165) is 22.0 Å². The van der Waals surface area contributed by atoms with Crippen molar-refractivity contribution in [1.29, 1.82) is 0 Å². The van der Waals surface area contributed by atoms with Gasteiger partial charge in [-0.2, -0.15) is 0 Å². The second-order valence-corrected chi connectivity index (χ2v) is 7.36. The molecule has 3 aromatic rings. The molecule has 0 radical (unpaired) electrons. The summed E-state index contributed by atoms with van der Waals surface area (Å²) < 4.78 is 5.22. The molecule has 134 valence electrons. The van der Waals surface area contributed by atoms with Crippen molar-refractivity contribution in [3.05, 3.63) is 59.1 Å². The van der Waals surface area contributed by atoms with Gasteiger partial charge in [0.05, 0.1) is 12.8 Å². The lowest BCUT2D eigenvalue weighted by molar-refractivity contribution is 0.103. The number of carbonyl (C=O) groups is 1. The normalized spacial score (nSPS) is 10.4. The van der Waals surface area contributed by atoms with E-state index in [1.165, 1.54) is 11.3 Å². The van der Waals surface area contributed by atoms with E-state index in [9.17, 15) is 4.79 Å². The molecule has 2 aromatic carbocycles. The minimum absolute atomic E-state index is 0.156.